The van der Waals surface area contributed by atoms with E-state index in [-0.39, 0.29) is 6.10 Å². The van der Waals surface area contributed by atoms with E-state index in [0.29, 0.717) is 18.1 Å². The van der Waals surface area contributed by atoms with Gasteiger partial charge in [0.25, 0.3) is 0 Å². The molecule has 16 heavy (non-hydrogen) atoms. The van der Waals surface area contributed by atoms with Crippen LogP contribution < -0.4 is 5.32 Å². The first kappa shape index (κ1) is 12.3. The van der Waals surface area contributed by atoms with Crippen molar-refractivity contribution in [3.63, 3.8) is 0 Å². The van der Waals surface area contributed by atoms with E-state index in [1.807, 2.05) is 0 Å². The zero-order valence-corrected chi connectivity index (χ0v) is 10.7. The fourth-order valence-electron chi connectivity index (χ4n) is 3.00. The molecule has 1 heterocycles. The van der Waals surface area contributed by atoms with Gasteiger partial charge in [0.15, 0.2) is 0 Å². The van der Waals surface area contributed by atoms with Gasteiger partial charge in [0.1, 0.15) is 0 Å². The maximum absolute atomic E-state index is 9.93. The molecular formula is C13H26N2O. The zero-order valence-electron chi connectivity index (χ0n) is 10.7. The average Bonchev–Trinajstić information content (AvgIpc) is 2.70. The molecule has 2 rings (SSSR count). The molecule has 2 fully saturated rings. The predicted molar refractivity (Wildman–Crippen MR) is 66.5 cm³/mol. The molecule has 0 aromatic rings. The predicted octanol–water partition coefficient (Wildman–Crippen LogP) is 1.36. The van der Waals surface area contributed by atoms with Crippen molar-refractivity contribution in [3.05, 3.63) is 0 Å². The molecule has 3 unspecified atom stereocenters. The highest BCUT2D eigenvalue weighted by atomic mass is 16.3. The van der Waals surface area contributed by atoms with Gasteiger partial charge in [-0.25, -0.2) is 0 Å². The highest BCUT2D eigenvalue weighted by Gasteiger charge is 2.29. The fourth-order valence-corrected chi connectivity index (χ4v) is 3.00. The molecule has 2 aliphatic rings. The molecule has 0 spiro atoms. The largest absolute Gasteiger partial charge is 0.392 e. The smallest absolute Gasteiger partial charge is 0.0693 e. The Hall–Kier alpha value is -0.120. The lowest BCUT2D eigenvalue weighted by Gasteiger charge is -2.31. The van der Waals surface area contributed by atoms with Crippen molar-refractivity contribution < 1.29 is 5.11 Å². The third-order valence-corrected chi connectivity index (χ3v) is 4.13. The topological polar surface area (TPSA) is 35.5 Å². The molecular weight excluding hydrogens is 200 g/mol. The van der Waals surface area contributed by atoms with Gasteiger partial charge in [-0.1, -0.05) is 12.8 Å². The van der Waals surface area contributed by atoms with Crippen LogP contribution in [0.2, 0.25) is 0 Å². The van der Waals surface area contributed by atoms with E-state index in [9.17, 15) is 5.11 Å². The Labute approximate surface area is 99.2 Å². The van der Waals surface area contributed by atoms with Crippen molar-refractivity contribution in [1.82, 2.24) is 10.2 Å². The van der Waals surface area contributed by atoms with Crippen LogP contribution in [-0.4, -0.2) is 47.3 Å². The van der Waals surface area contributed by atoms with Gasteiger partial charge in [-0.05, 0) is 39.7 Å². The highest BCUT2D eigenvalue weighted by Crippen LogP contribution is 2.21. The molecule has 1 aliphatic carbocycles. The molecule has 1 saturated heterocycles. The normalized spacial score (nSPS) is 37.1. The molecule has 0 radical (unpaired) electrons. The number of hydrogen-bond donors (Lipinski definition) is 2. The summed E-state index contributed by atoms with van der Waals surface area (Å²) in [5.41, 5.74) is 0. The number of likely N-dealkylation sites (tertiary alicyclic amines) is 1. The van der Waals surface area contributed by atoms with Crippen LogP contribution in [0.15, 0.2) is 0 Å². The lowest BCUT2D eigenvalue weighted by molar-refractivity contribution is 0.0849. The second-order valence-corrected chi connectivity index (χ2v) is 5.70. The number of nitrogens with one attached hydrogen (secondary N) is 1. The van der Waals surface area contributed by atoms with E-state index in [2.05, 4.69) is 24.1 Å². The van der Waals surface area contributed by atoms with Crippen molar-refractivity contribution in [2.24, 2.45) is 0 Å². The van der Waals surface area contributed by atoms with Crippen molar-refractivity contribution in [3.8, 4) is 0 Å². The molecule has 3 heteroatoms. The van der Waals surface area contributed by atoms with Gasteiger partial charge in [-0.2, -0.15) is 0 Å². The number of rotatable bonds is 3. The minimum Gasteiger partial charge on any atom is -0.392 e. The molecule has 3 nitrogen and oxygen atoms in total. The van der Waals surface area contributed by atoms with Crippen LogP contribution in [0.3, 0.4) is 0 Å². The zero-order chi connectivity index (χ0) is 11.5. The SMILES string of the molecule is CC(C)N1CCC(NC2CCCCC2O)C1. The molecule has 94 valence electrons. The Balaban J connectivity index is 1.77. The number of aliphatic hydroxyl groups excluding tert-OH is 1. The maximum Gasteiger partial charge on any atom is 0.0693 e. The van der Waals surface area contributed by atoms with Crippen molar-refractivity contribution in [2.45, 2.75) is 70.2 Å². The van der Waals surface area contributed by atoms with E-state index in [4.69, 9.17) is 0 Å². The summed E-state index contributed by atoms with van der Waals surface area (Å²) in [5.74, 6) is 0. The standard InChI is InChI=1S/C13H26N2O/c1-10(2)15-8-7-11(9-15)14-12-5-3-4-6-13(12)16/h10-14,16H,3-9H2,1-2H3. The summed E-state index contributed by atoms with van der Waals surface area (Å²) >= 11 is 0. The van der Waals surface area contributed by atoms with Gasteiger partial charge in [0, 0.05) is 24.7 Å². The highest BCUT2D eigenvalue weighted by molar-refractivity contribution is 4.89. The first-order valence-corrected chi connectivity index (χ1v) is 6.85. The number of hydrogen-bond acceptors (Lipinski definition) is 3. The van der Waals surface area contributed by atoms with Crippen molar-refractivity contribution in [2.75, 3.05) is 13.1 Å². The van der Waals surface area contributed by atoms with E-state index in [1.165, 1.54) is 25.8 Å². The Morgan fingerprint density at radius 1 is 1.19 bits per heavy atom. The Kier molecular flexibility index (Phi) is 4.22. The summed E-state index contributed by atoms with van der Waals surface area (Å²) in [6, 6.07) is 1.61. The van der Waals surface area contributed by atoms with Crippen LogP contribution in [0.1, 0.15) is 46.0 Å². The summed E-state index contributed by atoms with van der Waals surface area (Å²) in [7, 11) is 0. The second-order valence-electron chi connectivity index (χ2n) is 5.70. The van der Waals surface area contributed by atoms with E-state index in [1.54, 1.807) is 0 Å². The number of aliphatic hydroxyl groups is 1. The van der Waals surface area contributed by atoms with Crippen LogP contribution in [0, 0.1) is 0 Å². The summed E-state index contributed by atoms with van der Waals surface area (Å²) < 4.78 is 0. The van der Waals surface area contributed by atoms with Crippen molar-refractivity contribution >= 4 is 0 Å². The van der Waals surface area contributed by atoms with Gasteiger partial charge in [0.2, 0.25) is 0 Å². The molecule has 0 bridgehead atoms. The molecule has 3 atom stereocenters. The van der Waals surface area contributed by atoms with Crippen LogP contribution in [-0.2, 0) is 0 Å². The van der Waals surface area contributed by atoms with Gasteiger partial charge in [0.05, 0.1) is 6.10 Å². The van der Waals surface area contributed by atoms with Gasteiger partial charge < -0.3 is 10.4 Å². The third kappa shape index (κ3) is 2.96. The Morgan fingerprint density at radius 2 is 1.94 bits per heavy atom. The van der Waals surface area contributed by atoms with E-state index < -0.39 is 0 Å². The Morgan fingerprint density at radius 3 is 2.56 bits per heavy atom. The van der Waals surface area contributed by atoms with E-state index in [0.717, 1.165) is 19.4 Å². The van der Waals surface area contributed by atoms with Gasteiger partial charge in [-0.15, -0.1) is 0 Å². The molecule has 0 aromatic carbocycles. The second kappa shape index (κ2) is 5.48. The summed E-state index contributed by atoms with van der Waals surface area (Å²) in [6.45, 7) is 6.88. The first-order chi connectivity index (χ1) is 7.66. The molecule has 1 aliphatic heterocycles. The van der Waals surface area contributed by atoms with Gasteiger partial charge in [-0.3, -0.25) is 4.90 Å². The van der Waals surface area contributed by atoms with Crippen LogP contribution in [0.4, 0.5) is 0 Å². The van der Waals surface area contributed by atoms with Crippen molar-refractivity contribution in [1.29, 1.82) is 0 Å². The molecule has 0 amide bonds. The minimum absolute atomic E-state index is 0.109. The lowest BCUT2D eigenvalue weighted by Crippen LogP contribution is -2.48. The maximum atomic E-state index is 9.93. The fraction of sp³-hybridized carbons (Fsp3) is 1.00. The first-order valence-electron chi connectivity index (χ1n) is 6.85. The monoisotopic (exact) mass is 226 g/mol. The molecule has 1 saturated carbocycles. The van der Waals surface area contributed by atoms with Crippen LogP contribution in [0.25, 0.3) is 0 Å². The molecule has 0 aromatic heterocycles. The molecule has 2 N–H and O–H groups in total. The average molecular weight is 226 g/mol. The quantitative estimate of drug-likeness (QED) is 0.763. The van der Waals surface area contributed by atoms with Crippen LogP contribution >= 0.6 is 0 Å². The Bertz CT molecular complexity index is 220. The number of nitrogens with zero attached hydrogens (tertiary/aromatic N) is 1. The lowest BCUT2D eigenvalue weighted by atomic mass is 9.92. The summed E-state index contributed by atoms with van der Waals surface area (Å²) in [4.78, 5) is 2.52. The van der Waals surface area contributed by atoms with Crippen LogP contribution in [0.5, 0.6) is 0 Å². The third-order valence-electron chi connectivity index (χ3n) is 4.13. The van der Waals surface area contributed by atoms with Gasteiger partial charge >= 0.3 is 0 Å². The summed E-state index contributed by atoms with van der Waals surface area (Å²) in [6.07, 6.45) is 5.73. The van der Waals surface area contributed by atoms with E-state index >= 15 is 0 Å². The summed E-state index contributed by atoms with van der Waals surface area (Å²) in [5, 5.41) is 13.6. The minimum atomic E-state index is -0.109.